The number of hydrogen-bond donors (Lipinski definition) is 1. The fraction of sp³-hybridized carbons (Fsp3) is 0.400. The first-order valence-corrected chi connectivity index (χ1v) is 8.75. The highest BCUT2D eigenvalue weighted by Gasteiger charge is 2.22. The maximum Gasteiger partial charge on any atom is 0.0391 e. The van der Waals surface area contributed by atoms with Crippen LogP contribution in [0.4, 0.5) is 11.4 Å². The van der Waals surface area contributed by atoms with Crippen LogP contribution in [0.2, 0.25) is 0 Å². The van der Waals surface area contributed by atoms with Crippen LogP contribution in [0.5, 0.6) is 0 Å². The molecule has 3 heteroatoms. The predicted octanol–water partition coefficient (Wildman–Crippen LogP) is 3.24. The summed E-state index contributed by atoms with van der Waals surface area (Å²) in [6, 6.07) is 20.1. The molecule has 3 nitrogen and oxygen atoms in total. The smallest absolute Gasteiger partial charge is 0.0391 e. The standard InChI is InChI=1S/C20H25N3/c1-2-7-19(8-3-1)23-14-12-22(13-15-23)16-18-11-10-17-6-4-5-9-20(17)21-18/h1-9,18,21H,10-16H2/t18-/m0/s1. The van der Waals surface area contributed by atoms with Crippen molar-refractivity contribution in [1.82, 2.24) is 4.90 Å². The van der Waals surface area contributed by atoms with Crippen LogP contribution < -0.4 is 10.2 Å². The molecule has 2 aromatic rings. The Bertz CT molecular complexity index is 632. The highest BCUT2D eigenvalue weighted by molar-refractivity contribution is 5.53. The van der Waals surface area contributed by atoms with Gasteiger partial charge in [0.1, 0.15) is 0 Å². The van der Waals surface area contributed by atoms with Crippen molar-refractivity contribution in [2.45, 2.75) is 18.9 Å². The van der Waals surface area contributed by atoms with Crippen LogP contribution in [-0.4, -0.2) is 43.7 Å². The van der Waals surface area contributed by atoms with Gasteiger partial charge in [0.15, 0.2) is 0 Å². The number of fused-ring (bicyclic) bond motifs is 1. The molecule has 2 heterocycles. The molecule has 1 fully saturated rings. The highest BCUT2D eigenvalue weighted by atomic mass is 15.3. The van der Waals surface area contributed by atoms with E-state index in [0.29, 0.717) is 6.04 Å². The molecule has 0 saturated carbocycles. The van der Waals surface area contributed by atoms with Gasteiger partial charge in [-0.1, -0.05) is 36.4 Å². The van der Waals surface area contributed by atoms with Crippen molar-refractivity contribution in [3.63, 3.8) is 0 Å². The molecule has 0 amide bonds. The van der Waals surface area contributed by atoms with Gasteiger partial charge in [0.25, 0.3) is 0 Å². The monoisotopic (exact) mass is 307 g/mol. The number of nitrogens with zero attached hydrogens (tertiary/aromatic N) is 2. The van der Waals surface area contributed by atoms with Crippen LogP contribution in [0.1, 0.15) is 12.0 Å². The number of anilines is 2. The molecule has 120 valence electrons. The number of piperazine rings is 1. The number of nitrogens with one attached hydrogen (secondary N) is 1. The molecule has 0 spiro atoms. The Morgan fingerprint density at radius 3 is 2.43 bits per heavy atom. The molecule has 2 aromatic carbocycles. The molecular weight excluding hydrogens is 282 g/mol. The van der Waals surface area contributed by atoms with Gasteiger partial charge in [-0.25, -0.2) is 0 Å². The summed E-state index contributed by atoms with van der Waals surface area (Å²) >= 11 is 0. The number of hydrogen-bond acceptors (Lipinski definition) is 3. The maximum atomic E-state index is 3.73. The molecule has 0 bridgehead atoms. The van der Waals surface area contributed by atoms with Gasteiger partial charge >= 0.3 is 0 Å². The first kappa shape index (κ1) is 14.6. The van der Waals surface area contributed by atoms with Crippen molar-refractivity contribution in [1.29, 1.82) is 0 Å². The lowest BCUT2D eigenvalue weighted by Crippen LogP contribution is -2.50. The zero-order valence-corrected chi connectivity index (χ0v) is 13.6. The SMILES string of the molecule is c1ccc(N2CCN(C[C@@H]3CCc4ccccc4N3)CC2)cc1. The van der Waals surface area contributed by atoms with Gasteiger partial charge in [0.05, 0.1) is 0 Å². The van der Waals surface area contributed by atoms with E-state index in [1.807, 2.05) is 0 Å². The normalized spacial score (nSPS) is 21.6. The number of aryl methyl sites for hydroxylation is 1. The van der Waals surface area contributed by atoms with Crippen LogP contribution in [0.3, 0.4) is 0 Å². The molecule has 23 heavy (non-hydrogen) atoms. The molecule has 0 aromatic heterocycles. The molecule has 2 aliphatic rings. The van der Waals surface area contributed by atoms with E-state index < -0.39 is 0 Å². The third-order valence-corrected chi connectivity index (χ3v) is 5.11. The van der Waals surface area contributed by atoms with Gasteiger partial charge in [-0.3, -0.25) is 4.90 Å². The Labute approximate surface area is 138 Å². The topological polar surface area (TPSA) is 18.5 Å². The van der Waals surface area contributed by atoms with Gasteiger partial charge in [-0.2, -0.15) is 0 Å². The van der Waals surface area contributed by atoms with Crippen molar-refractivity contribution in [2.24, 2.45) is 0 Å². The van der Waals surface area contributed by atoms with Crippen LogP contribution in [-0.2, 0) is 6.42 Å². The van der Waals surface area contributed by atoms with Crippen molar-refractivity contribution in [2.75, 3.05) is 42.9 Å². The van der Waals surface area contributed by atoms with Crippen molar-refractivity contribution in [3.8, 4) is 0 Å². The van der Waals surface area contributed by atoms with Crippen LogP contribution >= 0.6 is 0 Å². The van der Waals surface area contributed by atoms with E-state index in [-0.39, 0.29) is 0 Å². The van der Waals surface area contributed by atoms with Gasteiger partial charge in [0.2, 0.25) is 0 Å². The highest BCUT2D eigenvalue weighted by Crippen LogP contribution is 2.25. The largest absolute Gasteiger partial charge is 0.381 e. The molecule has 0 unspecified atom stereocenters. The van der Waals surface area contributed by atoms with Gasteiger partial charge < -0.3 is 10.2 Å². The second-order valence-electron chi connectivity index (χ2n) is 6.66. The first-order valence-electron chi connectivity index (χ1n) is 8.75. The molecular formula is C20H25N3. The van der Waals surface area contributed by atoms with Gasteiger partial charge in [-0.05, 0) is 36.6 Å². The van der Waals surface area contributed by atoms with Crippen LogP contribution in [0, 0.1) is 0 Å². The Hall–Kier alpha value is -2.00. The van der Waals surface area contributed by atoms with E-state index in [0.717, 1.165) is 32.7 Å². The number of para-hydroxylation sites is 2. The summed E-state index contributed by atoms with van der Waals surface area (Å²) in [5.74, 6) is 0. The molecule has 0 aliphatic carbocycles. The third-order valence-electron chi connectivity index (χ3n) is 5.11. The fourth-order valence-electron chi connectivity index (χ4n) is 3.78. The van der Waals surface area contributed by atoms with E-state index in [1.54, 1.807) is 0 Å². The zero-order valence-electron chi connectivity index (χ0n) is 13.6. The lowest BCUT2D eigenvalue weighted by molar-refractivity contribution is 0.243. The number of rotatable bonds is 3. The Kier molecular flexibility index (Phi) is 4.20. The average molecular weight is 307 g/mol. The molecule has 2 aliphatic heterocycles. The maximum absolute atomic E-state index is 3.73. The Morgan fingerprint density at radius 1 is 0.870 bits per heavy atom. The van der Waals surface area contributed by atoms with Crippen molar-refractivity contribution < 1.29 is 0 Å². The van der Waals surface area contributed by atoms with Crippen LogP contribution in [0.15, 0.2) is 54.6 Å². The second kappa shape index (κ2) is 6.63. The minimum Gasteiger partial charge on any atom is -0.381 e. The quantitative estimate of drug-likeness (QED) is 0.939. The zero-order chi connectivity index (χ0) is 15.5. The predicted molar refractivity (Wildman–Crippen MR) is 97.3 cm³/mol. The summed E-state index contributed by atoms with van der Waals surface area (Å²) in [6.07, 6.45) is 2.45. The molecule has 0 radical (unpaired) electrons. The van der Waals surface area contributed by atoms with Gasteiger partial charge in [0, 0.05) is 50.1 Å². The first-order chi connectivity index (χ1) is 11.4. The Balaban J connectivity index is 1.30. The summed E-state index contributed by atoms with van der Waals surface area (Å²) in [5, 5.41) is 3.73. The minimum absolute atomic E-state index is 0.591. The van der Waals surface area contributed by atoms with Crippen LogP contribution in [0.25, 0.3) is 0 Å². The van der Waals surface area contributed by atoms with Crippen molar-refractivity contribution >= 4 is 11.4 Å². The van der Waals surface area contributed by atoms with E-state index in [1.165, 1.54) is 29.8 Å². The number of benzene rings is 2. The lowest BCUT2D eigenvalue weighted by atomic mass is 9.97. The third kappa shape index (κ3) is 3.35. The van der Waals surface area contributed by atoms with Crippen molar-refractivity contribution in [3.05, 3.63) is 60.2 Å². The minimum atomic E-state index is 0.591. The van der Waals surface area contributed by atoms with E-state index in [9.17, 15) is 0 Å². The average Bonchev–Trinajstić information content (AvgIpc) is 2.63. The summed E-state index contributed by atoms with van der Waals surface area (Å²) in [7, 11) is 0. The molecule has 1 N–H and O–H groups in total. The molecule has 4 rings (SSSR count). The molecule has 1 saturated heterocycles. The summed E-state index contributed by atoms with van der Waals surface area (Å²) in [6.45, 7) is 5.75. The van der Waals surface area contributed by atoms with E-state index in [4.69, 9.17) is 0 Å². The lowest BCUT2D eigenvalue weighted by Gasteiger charge is -2.38. The summed E-state index contributed by atoms with van der Waals surface area (Å²) in [4.78, 5) is 5.12. The summed E-state index contributed by atoms with van der Waals surface area (Å²) < 4.78 is 0. The van der Waals surface area contributed by atoms with E-state index >= 15 is 0 Å². The second-order valence-corrected chi connectivity index (χ2v) is 6.66. The Morgan fingerprint density at radius 2 is 1.61 bits per heavy atom. The fourth-order valence-corrected chi connectivity index (χ4v) is 3.78. The van der Waals surface area contributed by atoms with E-state index in [2.05, 4.69) is 69.7 Å². The molecule has 1 atom stereocenters. The van der Waals surface area contributed by atoms with Gasteiger partial charge in [-0.15, -0.1) is 0 Å². The summed E-state index contributed by atoms with van der Waals surface area (Å²) in [5.41, 5.74) is 4.17.